The molecule has 1 fully saturated rings. The van der Waals surface area contributed by atoms with Crippen LogP contribution in [0.4, 0.5) is 15.8 Å². The fourth-order valence-electron chi connectivity index (χ4n) is 2.15. The summed E-state index contributed by atoms with van der Waals surface area (Å²) in [6.45, 7) is 0. The molecule has 1 saturated carbocycles. The predicted octanol–water partition coefficient (Wildman–Crippen LogP) is 4.19. The van der Waals surface area contributed by atoms with E-state index >= 15 is 0 Å². The molecule has 0 unspecified atom stereocenters. The minimum Gasteiger partial charge on any atom is -0.326 e. The third-order valence-corrected chi connectivity index (χ3v) is 3.92. The van der Waals surface area contributed by atoms with E-state index in [2.05, 4.69) is 26.6 Å². The third kappa shape index (κ3) is 4.16. The molecule has 2 N–H and O–H groups in total. The van der Waals surface area contributed by atoms with Crippen LogP contribution in [0.3, 0.4) is 0 Å². The normalized spacial score (nSPS) is 13.5. The van der Waals surface area contributed by atoms with Crippen LogP contribution in [-0.2, 0) is 4.79 Å². The first-order valence-electron chi connectivity index (χ1n) is 7.19. The highest BCUT2D eigenvalue weighted by Crippen LogP contribution is 2.30. The molecule has 3 rings (SSSR count). The Balaban J connectivity index is 1.71. The summed E-state index contributed by atoms with van der Waals surface area (Å²) in [5, 5.41) is 5.51. The van der Waals surface area contributed by atoms with Gasteiger partial charge in [0, 0.05) is 27.3 Å². The summed E-state index contributed by atoms with van der Waals surface area (Å²) in [6.07, 6.45) is 1.85. The quantitative estimate of drug-likeness (QED) is 0.840. The van der Waals surface area contributed by atoms with Gasteiger partial charge in [0.1, 0.15) is 5.82 Å². The van der Waals surface area contributed by atoms with Crippen molar-refractivity contribution >= 4 is 39.1 Å². The van der Waals surface area contributed by atoms with Crippen LogP contribution in [0.2, 0.25) is 0 Å². The van der Waals surface area contributed by atoms with Gasteiger partial charge in [-0.05, 0) is 49.2 Å². The molecule has 0 radical (unpaired) electrons. The highest BCUT2D eigenvalue weighted by Gasteiger charge is 2.29. The second-order valence-corrected chi connectivity index (χ2v) is 6.37. The zero-order valence-electron chi connectivity index (χ0n) is 12.1. The molecule has 0 spiro atoms. The topological polar surface area (TPSA) is 58.2 Å². The van der Waals surface area contributed by atoms with Crippen molar-refractivity contribution in [3.63, 3.8) is 0 Å². The van der Waals surface area contributed by atoms with E-state index in [4.69, 9.17) is 0 Å². The Morgan fingerprint density at radius 3 is 2.39 bits per heavy atom. The Bertz CT molecular complexity index is 755. The fourth-order valence-corrected chi connectivity index (χ4v) is 2.62. The minimum absolute atomic E-state index is 0.00235. The molecule has 2 aromatic carbocycles. The lowest BCUT2D eigenvalue weighted by Crippen LogP contribution is -2.15. The zero-order chi connectivity index (χ0) is 16.4. The summed E-state index contributed by atoms with van der Waals surface area (Å²) in [5.74, 6) is -0.800. The van der Waals surface area contributed by atoms with Gasteiger partial charge in [0.2, 0.25) is 5.91 Å². The molecule has 0 atom stereocenters. The van der Waals surface area contributed by atoms with Gasteiger partial charge in [-0.1, -0.05) is 22.0 Å². The van der Waals surface area contributed by atoms with E-state index in [0.717, 1.165) is 12.8 Å². The van der Waals surface area contributed by atoms with Gasteiger partial charge in [-0.15, -0.1) is 0 Å². The Morgan fingerprint density at radius 1 is 1.04 bits per heavy atom. The zero-order valence-corrected chi connectivity index (χ0v) is 13.7. The van der Waals surface area contributed by atoms with Crippen molar-refractivity contribution in [3.8, 4) is 0 Å². The van der Waals surface area contributed by atoms with Crippen LogP contribution < -0.4 is 10.6 Å². The summed E-state index contributed by atoms with van der Waals surface area (Å²) < 4.78 is 13.9. The highest BCUT2D eigenvalue weighted by atomic mass is 79.9. The minimum atomic E-state index is -0.491. The Morgan fingerprint density at radius 2 is 1.74 bits per heavy atom. The molecule has 4 nitrogen and oxygen atoms in total. The van der Waals surface area contributed by atoms with Gasteiger partial charge < -0.3 is 10.6 Å². The molecule has 2 amide bonds. The van der Waals surface area contributed by atoms with Gasteiger partial charge in [0.15, 0.2) is 0 Å². The monoisotopic (exact) mass is 376 g/mol. The molecule has 0 saturated heterocycles. The van der Waals surface area contributed by atoms with Crippen molar-refractivity contribution in [2.24, 2.45) is 5.92 Å². The van der Waals surface area contributed by atoms with Crippen molar-refractivity contribution in [1.29, 1.82) is 0 Å². The number of carbonyl (C=O) groups is 2. The molecule has 0 aliphatic heterocycles. The number of amides is 2. The van der Waals surface area contributed by atoms with Crippen LogP contribution in [0, 0.1) is 11.7 Å². The summed E-state index contributed by atoms with van der Waals surface area (Å²) in [5.41, 5.74) is 1.37. The number of rotatable bonds is 4. The second-order valence-electron chi connectivity index (χ2n) is 5.46. The molecule has 1 aliphatic rings. The first kappa shape index (κ1) is 15.7. The number of carbonyl (C=O) groups excluding carboxylic acids is 2. The van der Waals surface area contributed by atoms with Crippen LogP contribution in [0.15, 0.2) is 46.9 Å². The van der Waals surface area contributed by atoms with Crippen LogP contribution >= 0.6 is 15.9 Å². The number of anilines is 2. The van der Waals surface area contributed by atoms with E-state index in [-0.39, 0.29) is 17.4 Å². The van der Waals surface area contributed by atoms with Crippen LogP contribution in [0.1, 0.15) is 23.2 Å². The smallest absolute Gasteiger partial charge is 0.255 e. The van der Waals surface area contributed by atoms with Gasteiger partial charge in [-0.3, -0.25) is 9.59 Å². The molecule has 0 heterocycles. The SMILES string of the molecule is O=C(Nc1cccc(NC(=O)C2CC2)c1)c1cc(F)cc(Br)c1. The standard InChI is InChI=1S/C17H14BrFN2O2/c18-12-6-11(7-13(19)8-12)17(23)21-15-3-1-2-14(9-15)20-16(22)10-4-5-10/h1-3,6-10H,4-5H2,(H,20,22)(H,21,23). The van der Waals surface area contributed by atoms with Gasteiger partial charge in [0.05, 0.1) is 0 Å². The molecule has 23 heavy (non-hydrogen) atoms. The summed E-state index contributed by atoms with van der Waals surface area (Å²) in [4.78, 5) is 23.9. The molecule has 118 valence electrons. The molecule has 1 aliphatic carbocycles. The summed E-state index contributed by atoms with van der Waals surface area (Å²) >= 11 is 3.16. The lowest BCUT2D eigenvalue weighted by Gasteiger charge is -2.09. The van der Waals surface area contributed by atoms with Crippen LogP contribution in [0.25, 0.3) is 0 Å². The van der Waals surface area contributed by atoms with E-state index in [1.54, 1.807) is 24.3 Å². The van der Waals surface area contributed by atoms with Crippen molar-refractivity contribution in [1.82, 2.24) is 0 Å². The van der Waals surface area contributed by atoms with Crippen molar-refractivity contribution in [2.75, 3.05) is 10.6 Å². The molecule has 2 aromatic rings. The summed E-state index contributed by atoms with van der Waals surface area (Å²) in [7, 11) is 0. The number of nitrogens with one attached hydrogen (secondary N) is 2. The highest BCUT2D eigenvalue weighted by molar-refractivity contribution is 9.10. The lowest BCUT2D eigenvalue weighted by atomic mass is 10.2. The van der Waals surface area contributed by atoms with Gasteiger partial charge in [-0.2, -0.15) is 0 Å². The van der Waals surface area contributed by atoms with Crippen molar-refractivity contribution in [2.45, 2.75) is 12.8 Å². The molecular weight excluding hydrogens is 363 g/mol. The largest absolute Gasteiger partial charge is 0.326 e. The van der Waals surface area contributed by atoms with Gasteiger partial charge >= 0.3 is 0 Å². The van der Waals surface area contributed by atoms with E-state index in [1.807, 2.05) is 0 Å². The number of benzene rings is 2. The van der Waals surface area contributed by atoms with E-state index in [9.17, 15) is 14.0 Å². The Hall–Kier alpha value is -2.21. The number of hydrogen-bond acceptors (Lipinski definition) is 2. The average Bonchev–Trinajstić information content (AvgIpc) is 3.31. The van der Waals surface area contributed by atoms with Gasteiger partial charge in [0.25, 0.3) is 5.91 Å². The maximum absolute atomic E-state index is 13.4. The van der Waals surface area contributed by atoms with E-state index in [0.29, 0.717) is 15.8 Å². The Kier molecular flexibility index (Phi) is 4.43. The first-order valence-corrected chi connectivity index (χ1v) is 7.99. The first-order chi connectivity index (χ1) is 11.0. The summed E-state index contributed by atoms with van der Waals surface area (Å²) in [6, 6.07) is 10.9. The maximum atomic E-state index is 13.4. The van der Waals surface area contributed by atoms with E-state index < -0.39 is 11.7 Å². The predicted molar refractivity (Wildman–Crippen MR) is 89.8 cm³/mol. The van der Waals surface area contributed by atoms with Crippen molar-refractivity contribution < 1.29 is 14.0 Å². The molecule has 0 aromatic heterocycles. The van der Waals surface area contributed by atoms with Crippen LogP contribution in [0.5, 0.6) is 0 Å². The third-order valence-electron chi connectivity index (χ3n) is 3.46. The number of halogens is 2. The maximum Gasteiger partial charge on any atom is 0.255 e. The molecular formula is C17H14BrFN2O2. The fraction of sp³-hybridized carbons (Fsp3) is 0.176. The average molecular weight is 377 g/mol. The van der Waals surface area contributed by atoms with E-state index in [1.165, 1.54) is 18.2 Å². The molecule has 0 bridgehead atoms. The van der Waals surface area contributed by atoms with Gasteiger partial charge in [-0.25, -0.2) is 4.39 Å². The Labute approximate surface area is 141 Å². The van der Waals surface area contributed by atoms with Crippen molar-refractivity contribution in [3.05, 3.63) is 58.3 Å². The second kappa shape index (κ2) is 6.50. The molecule has 6 heteroatoms. The van der Waals surface area contributed by atoms with Crippen LogP contribution in [-0.4, -0.2) is 11.8 Å². The lowest BCUT2D eigenvalue weighted by molar-refractivity contribution is -0.117. The number of hydrogen-bond donors (Lipinski definition) is 2.